The van der Waals surface area contributed by atoms with Gasteiger partial charge in [0.15, 0.2) is 0 Å². The lowest BCUT2D eigenvalue weighted by Crippen LogP contribution is -2.29. The van der Waals surface area contributed by atoms with E-state index in [1.807, 2.05) is 6.92 Å². The number of nitrogens with one attached hydrogen (secondary N) is 1. The second-order valence-corrected chi connectivity index (χ2v) is 7.99. The molecule has 3 nitrogen and oxygen atoms in total. The summed E-state index contributed by atoms with van der Waals surface area (Å²) in [7, 11) is -3.39. The predicted octanol–water partition coefficient (Wildman–Crippen LogP) is 2.81. The SMILES string of the molecule is CCC(Cl)CNS(=O)(=O)c1ccc(Br)s1. The fraction of sp³-hybridized carbons (Fsp3) is 0.500. The van der Waals surface area contributed by atoms with Crippen LogP contribution in [0.15, 0.2) is 20.1 Å². The van der Waals surface area contributed by atoms with Gasteiger partial charge in [-0.05, 0) is 34.5 Å². The van der Waals surface area contributed by atoms with Gasteiger partial charge in [0.05, 0.1) is 3.79 Å². The maximum absolute atomic E-state index is 11.7. The van der Waals surface area contributed by atoms with Gasteiger partial charge in [0.1, 0.15) is 4.21 Å². The predicted molar refractivity (Wildman–Crippen MR) is 67.1 cm³/mol. The molecule has 0 amide bonds. The van der Waals surface area contributed by atoms with Gasteiger partial charge >= 0.3 is 0 Å². The van der Waals surface area contributed by atoms with Gasteiger partial charge in [-0.3, -0.25) is 0 Å². The molecule has 0 aromatic carbocycles. The summed E-state index contributed by atoms with van der Waals surface area (Å²) in [6.07, 6.45) is 0.734. The fourth-order valence-corrected chi connectivity index (χ4v) is 4.16. The Bertz CT molecular complexity index is 418. The van der Waals surface area contributed by atoms with Crippen molar-refractivity contribution in [2.45, 2.75) is 22.9 Å². The number of hydrogen-bond acceptors (Lipinski definition) is 3. The van der Waals surface area contributed by atoms with Crippen molar-refractivity contribution in [3.63, 3.8) is 0 Å². The Hall–Kier alpha value is 0.380. The topological polar surface area (TPSA) is 46.2 Å². The fourth-order valence-electron chi connectivity index (χ4n) is 0.858. The zero-order chi connectivity index (χ0) is 11.5. The maximum atomic E-state index is 11.7. The van der Waals surface area contributed by atoms with Gasteiger partial charge in [-0.1, -0.05) is 6.92 Å². The van der Waals surface area contributed by atoms with Crippen molar-refractivity contribution in [2.75, 3.05) is 6.54 Å². The molecule has 86 valence electrons. The number of thiophene rings is 1. The molecule has 15 heavy (non-hydrogen) atoms. The standard InChI is InChI=1S/C8H11BrClNO2S2/c1-2-6(10)5-11-15(12,13)8-4-3-7(9)14-8/h3-4,6,11H,2,5H2,1H3. The quantitative estimate of drug-likeness (QED) is 0.843. The molecule has 0 radical (unpaired) electrons. The van der Waals surface area contributed by atoms with Gasteiger partial charge in [-0.2, -0.15) is 0 Å². The Balaban J connectivity index is 2.68. The summed E-state index contributed by atoms with van der Waals surface area (Å²) < 4.78 is 26.9. The third kappa shape index (κ3) is 4.03. The van der Waals surface area contributed by atoms with Crippen LogP contribution >= 0.6 is 38.9 Å². The first kappa shape index (κ1) is 13.4. The Morgan fingerprint density at radius 2 is 2.27 bits per heavy atom. The molecular formula is C8H11BrClNO2S2. The third-order valence-electron chi connectivity index (χ3n) is 1.75. The van der Waals surface area contributed by atoms with Gasteiger partial charge in [0.25, 0.3) is 0 Å². The number of rotatable bonds is 5. The Kier molecular flexibility index (Phi) is 5.05. The van der Waals surface area contributed by atoms with Crippen LogP contribution in [0.2, 0.25) is 0 Å². The van der Waals surface area contributed by atoms with Crippen molar-refractivity contribution in [1.82, 2.24) is 4.72 Å². The molecule has 7 heteroatoms. The molecule has 0 saturated heterocycles. The molecule has 1 heterocycles. The summed E-state index contributed by atoms with van der Waals surface area (Å²) in [5.41, 5.74) is 0. The van der Waals surface area contributed by atoms with E-state index in [9.17, 15) is 8.42 Å². The monoisotopic (exact) mass is 331 g/mol. The first-order chi connectivity index (χ1) is 6.95. The van der Waals surface area contributed by atoms with Crippen LogP contribution in [0.4, 0.5) is 0 Å². The summed E-state index contributed by atoms with van der Waals surface area (Å²) in [5.74, 6) is 0. The van der Waals surface area contributed by atoms with Crippen LogP contribution in [0.1, 0.15) is 13.3 Å². The maximum Gasteiger partial charge on any atom is 0.250 e. The smallest absolute Gasteiger partial charge is 0.209 e. The highest BCUT2D eigenvalue weighted by molar-refractivity contribution is 9.11. The highest BCUT2D eigenvalue weighted by Crippen LogP contribution is 2.25. The highest BCUT2D eigenvalue weighted by atomic mass is 79.9. The minimum absolute atomic E-state index is 0.164. The van der Waals surface area contributed by atoms with Gasteiger partial charge in [-0.25, -0.2) is 13.1 Å². The lowest BCUT2D eigenvalue weighted by atomic mass is 10.3. The normalized spacial score (nSPS) is 14.1. The van der Waals surface area contributed by atoms with Crippen molar-refractivity contribution in [3.05, 3.63) is 15.9 Å². The molecule has 0 fully saturated rings. The van der Waals surface area contributed by atoms with Crippen LogP contribution in [0.3, 0.4) is 0 Å². The van der Waals surface area contributed by atoms with Gasteiger partial charge in [-0.15, -0.1) is 22.9 Å². The number of halogens is 2. The van der Waals surface area contributed by atoms with Crippen molar-refractivity contribution < 1.29 is 8.42 Å². The van der Waals surface area contributed by atoms with E-state index in [0.29, 0.717) is 4.21 Å². The van der Waals surface area contributed by atoms with E-state index in [1.54, 1.807) is 12.1 Å². The molecule has 0 aliphatic rings. The zero-order valence-electron chi connectivity index (χ0n) is 8.04. The van der Waals surface area contributed by atoms with Crippen LogP contribution < -0.4 is 4.72 Å². The minimum atomic E-state index is -3.39. The lowest BCUT2D eigenvalue weighted by Gasteiger charge is -2.07. The zero-order valence-corrected chi connectivity index (χ0v) is 12.0. The largest absolute Gasteiger partial charge is 0.250 e. The molecule has 1 aromatic heterocycles. The highest BCUT2D eigenvalue weighted by Gasteiger charge is 2.17. The van der Waals surface area contributed by atoms with Gasteiger partial charge in [0.2, 0.25) is 10.0 Å². The molecule has 1 aromatic rings. The summed E-state index contributed by atoms with van der Waals surface area (Å²) >= 11 is 10.2. The number of hydrogen-bond donors (Lipinski definition) is 1. The van der Waals surface area contributed by atoms with Crippen LogP contribution in [-0.4, -0.2) is 20.3 Å². The summed E-state index contributed by atoms with van der Waals surface area (Å²) in [5, 5.41) is -0.164. The first-order valence-electron chi connectivity index (χ1n) is 4.34. The van der Waals surface area contributed by atoms with Crippen LogP contribution in [0.25, 0.3) is 0 Å². The molecule has 0 aliphatic carbocycles. The summed E-state index contributed by atoms with van der Waals surface area (Å²) in [6, 6.07) is 3.27. The van der Waals surface area contributed by atoms with Crippen molar-refractivity contribution in [3.8, 4) is 0 Å². The Morgan fingerprint density at radius 1 is 1.60 bits per heavy atom. The van der Waals surface area contributed by atoms with E-state index in [4.69, 9.17) is 11.6 Å². The number of alkyl halides is 1. The van der Waals surface area contributed by atoms with E-state index < -0.39 is 10.0 Å². The number of sulfonamides is 1. The molecule has 0 spiro atoms. The summed E-state index contributed by atoms with van der Waals surface area (Å²) in [4.78, 5) is 0. The van der Waals surface area contributed by atoms with Crippen LogP contribution in [0, 0.1) is 0 Å². The van der Waals surface area contributed by atoms with E-state index in [0.717, 1.165) is 10.2 Å². The molecule has 0 saturated carbocycles. The van der Waals surface area contributed by atoms with Crippen LogP contribution in [-0.2, 0) is 10.0 Å². The van der Waals surface area contributed by atoms with Gasteiger partial charge in [0, 0.05) is 11.9 Å². The molecule has 0 bridgehead atoms. The molecular weight excluding hydrogens is 322 g/mol. The second-order valence-electron chi connectivity index (χ2n) is 2.92. The minimum Gasteiger partial charge on any atom is -0.209 e. The van der Waals surface area contributed by atoms with E-state index in [-0.39, 0.29) is 11.9 Å². The van der Waals surface area contributed by atoms with Crippen molar-refractivity contribution in [2.24, 2.45) is 0 Å². The summed E-state index contributed by atoms with van der Waals surface area (Å²) in [6.45, 7) is 2.17. The van der Waals surface area contributed by atoms with Gasteiger partial charge < -0.3 is 0 Å². The average Bonchev–Trinajstić information content (AvgIpc) is 2.62. The van der Waals surface area contributed by atoms with Crippen LogP contribution in [0.5, 0.6) is 0 Å². The molecule has 1 atom stereocenters. The van der Waals surface area contributed by atoms with Crippen molar-refractivity contribution in [1.29, 1.82) is 0 Å². The first-order valence-corrected chi connectivity index (χ1v) is 7.87. The molecule has 1 unspecified atom stereocenters. The second kappa shape index (κ2) is 5.63. The Morgan fingerprint density at radius 3 is 2.73 bits per heavy atom. The average molecular weight is 333 g/mol. The molecule has 1 N–H and O–H groups in total. The van der Waals surface area contributed by atoms with E-state index in [1.165, 1.54) is 11.3 Å². The Labute approximate surface area is 107 Å². The molecule has 0 aliphatic heterocycles. The third-order valence-corrected chi connectivity index (χ3v) is 5.75. The lowest BCUT2D eigenvalue weighted by molar-refractivity contribution is 0.581. The van der Waals surface area contributed by atoms with E-state index in [2.05, 4.69) is 20.7 Å². The van der Waals surface area contributed by atoms with Crippen molar-refractivity contribution >= 4 is 48.9 Å². The molecule has 1 rings (SSSR count). The van der Waals surface area contributed by atoms with E-state index >= 15 is 0 Å².